The Bertz CT molecular complexity index is 1470. The highest BCUT2D eigenvalue weighted by Gasteiger charge is 2.56. The van der Waals surface area contributed by atoms with Gasteiger partial charge in [-0.2, -0.15) is 0 Å². The second-order valence-electron chi connectivity index (χ2n) is 9.50. The number of nitrogens with zero attached hydrogens (tertiary/aromatic N) is 1. The molecule has 0 saturated carbocycles. The fourth-order valence-electron chi connectivity index (χ4n) is 5.12. The smallest absolute Gasteiger partial charge is 0.254 e. The molecule has 0 aliphatic carbocycles. The minimum absolute atomic E-state index is 0.171. The van der Waals surface area contributed by atoms with Crippen LogP contribution < -0.4 is 10.1 Å². The molecule has 0 radical (unpaired) electrons. The van der Waals surface area contributed by atoms with Gasteiger partial charge in [-0.3, -0.25) is 4.79 Å². The number of hydrogen-bond donors (Lipinski definition) is 6. The Morgan fingerprint density at radius 2 is 1.82 bits per heavy atom. The molecule has 4 aromatic rings. The lowest BCUT2D eigenvalue weighted by molar-refractivity contribution is -0.288. The van der Waals surface area contributed by atoms with Crippen LogP contribution >= 0.6 is 0 Å². The summed E-state index contributed by atoms with van der Waals surface area (Å²) in [5.41, 5.74) is -0.255. The summed E-state index contributed by atoms with van der Waals surface area (Å²) in [5, 5.41) is 56.4. The highest BCUT2D eigenvalue weighted by Crippen LogP contribution is 2.34. The Morgan fingerprint density at radius 3 is 2.53 bits per heavy atom. The van der Waals surface area contributed by atoms with Crippen LogP contribution in [0, 0.1) is 0 Å². The van der Waals surface area contributed by atoms with Crippen LogP contribution in [0.15, 0.2) is 66.9 Å². The normalized spacial score (nSPS) is 25.5. The summed E-state index contributed by atoms with van der Waals surface area (Å²) < 4.78 is 12.6. The largest absolute Gasteiger partial charge is 0.496 e. The van der Waals surface area contributed by atoms with Crippen LogP contribution in [0.5, 0.6) is 5.75 Å². The summed E-state index contributed by atoms with van der Waals surface area (Å²) in [6.45, 7) is -1.18. The van der Waals surface area contributed by atoms with E-state index in [-0.39, 0.29) is 5.56 Å². The first-order valence-corrected chi connectivity index (χ1v) is 12.2. The highest BCUT2D eigenvalue weighted by atomic mass is 16.6. The molecule has 1 aromatic heterocycles. The van der Waals surface area contributed by atoms with E-state index in [1.807, 2.05) is 53.1 Å². The summed E-state index contributed by atoms with van der Waals surface area (Å²) >= 11 is 0. The van der Waals surface area contributed by atoms with Crippen molar-refractivity contribution in [3.63, 3.8) is 0 Å². The van der Waals surface area contributed by atoms with Crippen molar-refractivity contribution in [1.29, 1.82) is 0 Å². The Hall–Kier alpha value is -3.51. The van der Waals surface area contributed by atoms with Crippen molar-refractivity contribution in [2.75, 3.05) is 20.3 Å². The Morgan fingerprint density at radius 1 is 1.05 bits per heavy atom. The molecule has 1 saturated heterocycles. The molecule has 3 aromatic carbocycles. The lowest BCUT2D eigenvalue weighted by Gasteiger charge is -2.48. The third-order valence-corrected chi connectivity index (χ3v) is 7.26. The van der Waals surface area contributed by atoms with Gasteiger partial charge < -0.3 is 44.9 Å². The van der Waals surface area contributed by atoms with Gasteiger partial charge in [-0.15, -0.1) is 0 Å². The Labute approximate surface area is 218 Å². The van der Waals surface area contributed by atoms with Crippen LogP contribution in [0.3, 0.4) is 0 Å². The van der Waals surface area contributed by atoms with E-state index in [4.69, 9.17) is 9.47 Å². The second kappa shape index (κ2) is 10.3. The Kier molecular flexibility index (Phi) is 7.10. The molecule has 1 unspecified atom stereocenters. The van der Waals surface area contributed by atoms with E-state index in [0.717, 1.165) is 16.3 Å². The third kappa shape index (κ3) is 4.31. The topological polar surface area (TPSA) is 154 Å². The molecule has 0 bridgehead atoms. The van der Waals surface area contributed by atoms with Crippen LogP contribution in [0.4, 0.5) is 0 Å². The zero-order chi connectivity index (χ0) is 27.0. The molecule has 10 heteroatoms. The molecule has 1 aliphatic rings. The summed E-state index contributed by atoms with van der Waals surface area (Å²) in [4.78, 5) is 13.6. The van der Waals surface area contributed by atoms with Crippen molar-refractivity contribution in [3.05, 3.63) is 78.0 Å². The number of aliphatic hydroxyl groups is 5. The zero-order valence-electron chi connectivity index (χ0n) is 20.7. The fraction of sp³-hybridized carbons (Fsp3) is 0.321. The summed E-state index contributed by atoms with van der Waals surface area (Å²) in [7, 11) is 1.49. The Balaban J connectivity index is 1.54. The van der Waals surface area contributed by atoms with E-state index in [1.54, 1.807) is 12.3 Å². The van der Waals surface area contributed by atoms with Gasteiger partial charge >= 0.3 is 0 Å². The van der Waals surface area contributed by atoms with Crippen LogP contribution in [0.2, 0.25) is 0 Å². The van der Waals surface area contributed by atoms with E-state index in [0.29, 0.717) is 23.2 Å². The number of hydrogen-bond acceptors (Lipinski definition) is 8. The molecule has 2 heterocycles. The van der Waals surface area contributed by atoms with Gasteiger partial charge in [0.15, 0.2) is 6.29 Å². The van der Waals surface area contributed by atoms with Gasteiger partial charge in [-0.05, 0) is 34.5 Å². The monoisotopic (exact) mass is 522 g/mol. The average Bonchev–Trinajstić information content (AvgIpc) is 3.31. The van der Waals surface area contributed by atoms with Gasteiger partial charge in [0, 0.05) is 12.7 Å². The first-order chi connectivity index (χ1) is 18.3. The van der Waals surface area contributed by atoms with Crippen molar-refractivity contribution in [2.24, 2.45) is 0 Å². The number of aliphatic hydroxyl groups excluding tert-OH is 5. The van der Waals surface area contributed by atoms with Crippen molar-refractivity contribution in [2.45, 2.75) is 36.7 Å². The quantitative estimate of drug-likeness (QED) is 0.208. The number of aromatic nitrogens is 1. The first-order valence-electron chi connectivity index (χ1n) is 12.2. The number of rotatable bonds is 7. The van der Waals surface area contributed by atoms with Crippen LogP contribution in [0.25, 0.3) is 21.7 Å². The molecule has 200 valence electrons. The minimum Gasteiger partial charge on any atom is -0.496 e. The molecule has 38 heavy (non-hydrogen) atoms. The summed E-state index contributed by atoms with van der Waals surface area (Å²) in [6, 6.07) is 19.5. The van der Waals surface area contributed by atoms with Crippen molar-refractivity contribution < 1.29 is 39.8 Å². The van der Waals surface area contributed by atoms with Crippen LogP contribution in [-0.2, 0) is 11.3 Å². The fourth-order valence-corrected chi connectivity index (χ4v) is 5.12. The maximum atomic E-state index is 13.6. The predicted octanol–water partition coefficient (Wildman–Crippen LogP) is 0.744. The van der Waals surface area contributed by atoms with Gasteiger partial charge in [-0.25, -0.2) is 0 Å². The van der Waals surface area contributed by atoms with Gasteiger partial charge in [0.05, 0.1) is 36.8 Å². The highest BCUT2D eigenvalue weighted by molar-refractivity contribution is 6.09. The van der Waals surface area contributed by atoms with Crippen molar-refractivity contribution >= 4 is 27.6 Å². The maximum Gasteiger partial charge on any atom is 0.254 e. The number of methoxy groups -OCH3 is 1. The summed E-state index contributed by atoms with van der Waals surface area (Å²) in [5.74, 6) is -0.300. The number of carbonyl (C=O) groups excluding carboxylic acids is 1. The van der Waals surface area contributed by atoms with Crippen molar-refractivity contribution in [3.8, 4) is 5.75 Å². The molecular formula is C28H30N2O8. The van der Waals surface area contributed by atoms with Crippen LogP contribution in [0.1, 0.15) is 15.9 Å². The number of ether oxygens (including phenoxy) is 2. The van der Waals surface area contributed by atoms with E-state index < -0.39 is 49.3 Å². The molecular weight excluding hydrogens is 492 g/mol. The molecule has 10 nitrogen and oxygen atoms in total. The predicted molar refractivity (Wildman–Crippen MR) is 139 cm³/mol. The second-order valence-corrected chi connectivity index (χ2v) is 9.50. The zero-order valence-corrected chi connectivity index (χ0v) is 20.7. The van der Waals surface area contributed by atoms with Crippen molar-refractivity contribution in [1.82, 2.24) is 9.88 Å². The first kappa shape index (κ1) is 26.1. The van der Waals surface area contributed by atoms with Gasteiger partial charge in [0.1, 0.15) is 29.6 Å². The standard InChI is InChI=1S/C28H30N2O8/c1-37-21-8-4-7-20-23(21)19(13-30(20)12-16-9-10-17-5-2-3-6-18(17)11-16)26(35)29-28(15-32)25(34)24(33)22(14-31)38-27(28)36/h2-11,13,22,24-25,27,31-34,36H,12,14-15H2,1H3,(H,29,35)/t22-,24-,25+,27?,28-/m1/s1. The van der Waals surface area contributed by atoms with E-state index in [2.05, 4.69) is 11.4 Å². The molecule has 1 amide bonds. The average molecular weight is 523 g/mol. The molecule has 0 spiro atoms. The van der Waals surface area contributed by atoms with Gasteiger partial charge in [0.25, 0.3) is 5.91 Å². The van der Waals surface area contributed by atoms with Gasteiger partial charge in [0.2, 0.25) is 0 Å². The van der Waals surface area contributed by atoms with E-state index in [1.165, 1.54) is 7.11 Å². The third-order valence-electron chi connectivity index (χ3n) is 7.26. The SMILES string of the molecule is COc1cccc2c1c(C(=O)N[C@@]1(CO)C(O)O[C@H](CO)[C@@H](O)[C@@H]1O)cn2Cc1ccc2ccccc2c1. The van der Waals surface area contributed by atoms with Gasteiger partial charge in [-0.1, -0.05) is 42.5 Å². The minimum atomic E-state index is -2.14. The molecule has 5 rings (SSSR count). The number of carbonyl (C=O) groups is 1. The number of amides is 1. The molecule has 1 fully saturated rings. The molecule has 1 aliphatic heterocycles. The molecule has 5 atom stereocenters. The van der Waals surface area contributed by atoms with E-state index in [9.17, 15) is 30.3 Å². The number of fused-ring (bicyclic) bond motifs is 2. The van der Waals surface area contributed by atoms with Crippen LogP contribution in [-0.4, -0.2) is 86.5 Å². The lowest BCUT2D eigenvalue weighted by atomic mass is 9.83. The number of nitrogens with one attached hydrogen (secondary N) is 1. The number of benzene rings is 3. The summed E-state index contributed by atoms with van der Waals surface area (Å²) in [6.07, 6.45) is -5.05. The van der Waals surface area contributed by atoms with E-state index >= 15 is 0 Å². The lowest BCUT2D eigenvalue weighted by Crippen LogP contribution is -2.74. The molecule has 6 N–H and O–H groups in total. The maximum absolute atomic E-state index is 13.6.